The third-order valence-corrected chi connectivity index (χ3v) is 3.05. The molecule has 102 valence electrons. The summed E-state index contributed by atoms with van der Waals surface area (Å²) in [4.78, 5) is 11.0. The number of carbonyl (C=O) groups is 1. The molecule has 1 unspecified atom stereocenters. The van der Waals surface area contributed by atoms with Crippen LogP contribution in [0, 0.1) is 0 Å². The highest BCUT2D eigenvalue weighted by atomic mass is 16.4. The van der Waals surface area contributed by atoms with E-state index in [9.17, 15) is 9.90 Å². The number of carboxylic acids is 1. The number of carboxylic acid groups (broad SMARTS) is 1. The Balaban J connectivity index is 2.33. The standard InChI is InChI=1S/C17H16O3/c18-16(19)13-17(20,15-9-5-2-6-10-15)12-11-14-7-3-1-4-8-14/h1-12,20H,13H2,(H,18,19). The molecule has 0 amide bonds. The summed E-state index contributed by atoms with van der Waals surface area (Å²) >= 11 is 0. The molecular formula is C17H16O3. The fourth-order valence-corrected chi connectivity index (χ4v) is 2.01. The summed E-state index contributed by atoms with van der Waals surface area (Å²) in [6, 6.07) is 18.3. The maximum Gasteiger partial charge on any atom is 0.306 e. The highest BCUT2D eigenvalue weighted by Gasteiger charge is 2.29. The average molecular weight is 268 g/mol. The second kappa shape index (κ2) is 6.17. The van der Waals surface area contributed by atoms with E-state index in [1.54, 1.807) is 30.3 Å². The minimum absolute atomic E-state index is 0.375. The van der Waals surface area contributed by atoms with E-state index in [0.29, 0.717) is 5.56 Å². The molecule has 0 aliphatic carbocycles. The molecule has 2 N–H and O–H groups in total. The summed E-state index contributed by atoms with van der Waals surface area (Å²) in [7, 11) is 0. The fraction of sp³-hybridized carbons (Fsp3) is 0.118. The first-order chi connectivity index (χ1) is 9.60. The highest BCUT2D eigenvalue weighted by molar-refractivity contribution is 5.70. The lowest BCUT2D eigenvalue weighted by molar-refractivity contribution is -0.141. The smallest absolute Gasteiger partial charge is 0.306 e. The number of aliphatic hydroxyl groups is 1. The van der Waals surface area contributed by atoms with E-state index in [1.165, 1.54) is 6.08 Å². The lowest BCUT2D eigenvalue weighted by Crippen LogP contribution is -2.26. The van der Waals surface area contributed by atoms with Crippen molar-refractivity contribution in [3.8, 4) is 0 Å². The summed E-state index contributed by atoms with van der Waals surface area (Å²) in [5.41, 5.74) is -0.0371. The van der Waals surface area contributed by atoms with Gasteiger partial charge in [-0.2, -0.15) is 0 Å². The van der Waals surface area contributed by atoms with Gasteiger partial charge in [-0.05, 0) is 17.2 Å². The van der Waals surface area contributed by atoms with Crippen LogP contribution in [0.3, 0.4) is 0 Å². The Bertz CT molecular complexity index is 590. The van der Waals surface area contributed by atoms with Crippen molar-refractivity contribution in [2.24, 2.45) is 0 Å². The number of benzene rings is 2. The van der Waals surface area contributed by atoms with Crippen molar-refractivity contribution in [3.05, 3.63) is 77.9 Å². The molecule has 0 spiro atoms. The second-order valence-electron chi connectivity index (χ2n) is 4.60. The second-order valence-corrected chi connectivity index (χ2v) is 4.60. The van der Waals surface area contributed by atoms with Gasteiger partial charge in [-0.25, -0.2) is 0 Å². The first-order valence-corrected chi connectivity index (χ1v) is 6.34. The van der Waals surface area contributed by atoms with E-state index in [2.05, 4.69) is 0 Å². The van der Waals surface area contributed by atoms with E-state index in [0.717, 1.165) is 5.56 Å². The SMILES string of the molecule is O=C(O)CC(O)(C=Cc1ccccc1)c1ccccc1. The lowest BCUT2D eigenvalue weighted by atomic mass is 9.89. The Hall–Kier alpha value is -2.39. The van der Waals surface area contributed by atoms with Crippen LogP contribution in [-0.4, -0.2) is 16.2 Å². The van der Waals surface area contributed by atoms with Crippen LogP contribution >= 0.6 is 0 Å². The number of aliphatic carboxylic acids is 1. The quantitative estimate of drug-likeness (QED) is 0.876. The molecule has 3 heteroatoms. The van der Waals surface area contributed by atoms with Crippen molar-refractivity contribution in [1.82, 2.24) is 0 Å². The van der Waals surface area contributed by atoms with E-state index < -0.39 is 11.6 Å². The van der Waals surface area contributed by atoms with Gasteiger partial charge in [-0.1, -0.05) is 66.7 Å². The average Bonchev–Trinajstić information content (AvgIpc) is 2.47. The van der Waals surface area contributed by atoms with Crippen molar-refractivity contribution >= 4 is 12.0 Å². The zero-order chi connectivity index (χ0) is 14.4. The van der Waals surface area contributed by atoms with Crippen LogP contribution in [0.5, 0.6) is 0 Å². The number of hydrogen-bond donors (Lipinski definition) is 2. The van der Waals surface area contributed by atoms with E-state index in [-0.39, 0.29) is 6.42 Å². The molecule has 1 atom stereocenters. The predicted molar refractivity (Wildman–Crippen MR) is 78.1 cm³/mol. The molecule has 0 bridgehead atoms. The molecule has 0 aliphatic rings. The molecule has 3 nitrogen and oxygen atoms in total. The van der Waals surface area contributed by atoms with Gasteiger partial charge in [0.15, 0.2) is 0 Å². The molecule has 2 aromatic carbocycles. The highest BCUT2D eigenvalue weighted by Crippen LogP contribution is 2.27. The normalized spacial score (nSPS) is 14.1. The van der Waals surface area contributed by atoms with Crippen LogP contribution in [0.15, 0.2) is 66.7 Å². The topological polar surface area (TPSA) is 57.5 Å². The minimum Gasteiger partial charge on any atom is -0.481 e. The van der Waals surface area contributed by atoms with Gasteiger partial charge >= 0.3 is 5.97 Å². The Morgan fingerprint density at radius 3 is 2.10 bits per heavy atom. The van der Waals surface area contributed by atoms with E-state index >= 15 is 0 Å². The molecule has 20 heavy (non-hydrogen) atoms. The third-order valence-electron chi connectivity index (χ3n) is 3.05. The van der Waals surface area contributed by atoms with Gasteiger partial charge in [-0.15, -0.1) is 0 Å². The Morgan fingerprint density at radius 2 is 1.55 bits per heavy atom. The van der Waals surface area contributed by atoms with Crippen molar-refractivity contribution in [2.45, 2.75) is 12.0 Å². The predicted octanol–water partition coefficient (Wildman–Crippen LogP) is 3.06. The van der Waals surface area contributed by atoms with Crippen LogP contribution in [0.1, 0.15) is 17.5 Å². The lowest BCUT2D eigenvalue weighted by Gasteiger charge is -2.23. The van der Waals surface area contributed by atoms with Gasteiger partial charge in [0, 0.05) is 0 Å². The van der Waals surface area contributed by atoms with Gasteiger partial charge < -0.3 is 10.2 Å². The summed E-state index contributed by atoms with van der Waals surface area (Å²) in [6.07, 6.45) is 2.89. The van der Waals surface area contributed by atoms with Crippen LogP contribution in [0.2, 0.25) is 0 Å². The molecule has 2 rings (SSSR count). The summed E-state index contributed by atoms with van der Waals surface area (Å²) in [5.74, 6) is -1.05. The van der Waals surface area contributed by atoms with Gasteiger partial charge in [0.2, 0.25) is 0 Å². The summed E-state index contributed by atoms with van der Waals surface area (Å²) in [6.45, 7) is 0. The number of hydrogen-bond acceptors (Lipinski definition) is 2. The third kappa shape index (κ3) is 3.56. The Morgan fingerprint density at radius 1 is 1.00 bits per heavy atom. The number of rotatable bonds is 5. The molecule has 0 fully saturated rings. The van der Waals surface area contributed by atoms with Gasteiger partial charge in [0.05, 0.1) is 6.42 Å². The molecule has 0 aromatic heterocycles. The van der Waals surface area contributed by atoms with Crippen LogP contribution in [0.25, 0.3) is 6.08 Å². The van der Waals surface area contributed by atoms with Crippen LogP contribution < -0.4 is 0 Å². The molecule has 0 saturated carbocycles. The first-order valence-electron chi connectivity index (χ1n) is 6.34. The molecule has 2 aromatic rings. The Kier molecular flexibility index (Phi) is 4.33. The molecule has 0 radical (unpaired) electrons. The maximum absolute atomic E-state index is 11.0. The van der Waals surface area contributed by atoms with Crippen molar-refractivity contribution in [3.63, 3.8) is 0 Å². The zero-order valence-electron chi connectivity index (χ0n) is 10.9. The van der Waals surface area contributed by atoms with Gasteiger partial charge in [-0.3, -0.25) is 4.79 Å². The minimum atomic E-state index is -1.51. The zero-order valence-corrected chi connectivity index (χ0v) is 10.9. The van der Waals surface area contributed by atoms with Crippen LogP contribution in [-0.2, 0) is 10.4 Å². The molecule has 0 saturated heterocycles. The molecule has 0 heterocycles. The van der Waals surface area contributed by atoms with Gasteiger partial charge in [0.1, 0.15) is 5.60 Å². The summed E-state index contributed by atoms with van der Waals surface area (Å²) in [5, 5.41) is 19.7. The summed E-state index contributed by atoms with van der Waals surface area (Å²) < 4.78 is 0. The largest absolute Gasteiger partial charge is 0.481 e. The Labute approximate surface area is 117 Å². The van der Waals surface area contributed by atoms with Gasteiger partial charge in [0.25, 0.3) is 0 Å². The first kappa shape index (κ1) is 14.0. The molecule has 0 aliphatic heterocycles. The molecular weight excluding hydrogens is 252 g/mol. The van der Waals surface area contributed by atoms with Crippen molar-refractivity contribution < 1.29 is 15.0 Å². The van der Waals surface area contributed by atoms with E-state index in [1.807, 2.05) is 36.4 Å². The fourth-order valence-electron chi connectivity index (χ4n) is 2.01. The maximum atomic E-state index is 11.0. The monoisotopic (exact) mass is 268 g/mol. The van der Waals surface area contributed by atoms with Crippen molar-refractivity contribution in [1.29, 1.82) is 0 Å². The van der Waals surface area contributed by atoms with E-state index in [4.69, 9.17) is 5.11 Å². The van der Waals surface area contributed by atoms with Crippen LogP contribution in [0.4, 0.5) is 0 Å². The van der Waals surface area contributed by atoms with Crippen molar-refractivity contribution in [2.75, 3.05) is 0 Å².